The predicted molar refractivity (Wildman–Crippen MR) is 113 cm³/mol. The molecule has 1 aliphatic rings. The molecule has 4 rings (SSSR count). The number of alkyl halides is 3. The van der Waals surface area contributed by atoms with E-state index in [0.29, 0.717) is 37.6 Å². The number of hydrogen-bond donors (Lipinski definition) is 0. The van der Waals surface area contributed by atoms with Crippen molar-refractivity contribution in [1.82, 2.24) is 20.0 Å². The molecule has 0 aliphatic carbocycles. The monoisotopic (exact) mass is 474 g/mol. The standard InChI is InChI=1S/C21H17F3N6O4/c22-21(23,24)20-26-19(27-34-20)15-4-7-17(25-13-15)28-9-11-29(12-10-28)18(31)8-3-14-1-5-16(6-2-14)30(32)33/h1-8,13H,9-12H2/b8-3-. The molecule has 0 saturated carbocycles. The molecular formula is C21H17F3N6O4. The molecule has 176 valence electrons. The van der Waals surface area contributed by atoms with Crippen molar-refractivity contribution in [2.75, 3.05) is 31.1 Å². The van der Waals surface area contributed by atoms with Crippen LogP contribution in [0.15, 0.2) is 53.2 Å². The number of nitrogens with zero attached hydrogens (tertiary/aromatic N) is 6. The number of carbonyl (C=O) groups excluding carboxylic acids is 1. The van der Waals surface area contributed by atoms with E-state index in [9.17, 15) is 28.1 Å². The van der Waals surface area contributed by atoms with E-state index < -0.39 is 17.0 Å². The Hall–Kier alpha value is -4.29. The number of rotatable bonds is 5. The summed E-state index contributed by atoms with van der Waals surface area (Å²) in [4.78, 5) is 33.9. The van der Waals surface area contributed by atoms with E-state index in [1.54, 1.807) is 35.2 Å². The topological polar surface area (TPSA) is 118 Å². The van der Waals surface area contributed by atoms with E-state index in [0.717, 1.165) is 0 Å². The molecule has 0 spiro atoms. The van der Waals surface area contributed by atoms with Gasteiger partial charge < -0.3 is 14.3 Å². The minimum Gasteiger partial charge on any atom is -0.353 e. The van der Waals surface area contributed by atoms with Crippen LogP contribution in [0.4, 0.5) is 24.7 Å². The summed E-state index contributed by atoms with van der Waals surface area (Å²) in [7, 11) is 0. The van der Waals surface area contributed by atoms with Gasteiger partial charge in [-0.3, -0.25) is 14.9 Å². The van der Waals surface area contributed by atoms with Crippen LogP contribution in [0.3, 0.4) is 0 Å². The van der Waals surface area contributed by atoms with Gasteiger partial charge in [0.05, 0.1) is 4.92 Å². The second-order valence-electron chi connectivity index (χ2n) is 7.32. The first-order chi connectivity index (χ1) is 16.2. The van der Waals surface area contributed by atoms with Gasteiger partial charge in [0.25, 0.3) is 5.69 Å². The molecule has 1 aromatic carbocycles. The quantitative estimate of drug-likeness (QED) is 0.314. The second kappa shape index (κ2) is 9.29. The third-order valence-corrected chi connectivity index (χ3v) is 5.11. The van der Waals surface area contributed by atoms with Crippen LogP contribution < -0.4 is 4.90 Å². The zero-order chi connectivity index (χ0) is 24.3. The first-order valence-corrected chi connectivity index (χ1v) is 10.0. The maximum Gasteiger partial charge on any atom is 0.471 e. The lowest BCUT2D eigenvalue weighted by molar-refractivity contribution is -0.384. The van der Waals surface area contributed by atoms with Gasteiger partial charge in [-0.05, 0) is 35.9 Å². The Bertz CT molecular complexity index is 1200. The molecule has 13 heteroatoms. The first-order valence-electron chi connectivity index (χ1n) is 10.0. The average Bonchev–Trinajstić information content (AvgIpc) is 3.34. The van der Waals surface area contributed by atoms with Crippen molar-refractivity contribution in [3.05, 3.63) is 70.2 Å². The minimum atomic E-state index is -4.72. The summed E-state index contributed by atoms with van der Waals surface area (Å²) in [5, 5.41) is 14.0. The third kappa shape index (κ3) is 5.19. The normalized spacial score (nSPS) is 14.6. The number of halogens is 3. The molecule has 1 saturated heterocycles. The van der Waals surface area contributed by atoms with Gasteiger partial charge in [0, 0.05) is 56.1 Å². The van der Waals surface area contributed by atoms with Crippen LogP contribution in [0.2, 0.25) is 0 Å². The van der Waals surface area contributed by atoms with Gasteiger partial charge in [-0.2, -0.15) is 18.2 Å². The van der Waals surface area contributed by atoms with Crippen molar-refractivity contribution < 1.29 is 27.4 Å². The van der Waals surface area contributed by atoms with Gasteiger partial charge >= 0.3 is 12.1 Å². The summed E-state index contributed by atoms with van der Waals surface area (Å²) in [6.45, 7) is 1.94. The van der Waals surface area contributed by atoms with Crippen molar-refractivity contribution >= 4 is 23.5 Å². The Labute approximate surface area is 190 Å². The molecule has 3 aromatic rings. The minimum absolute atomic E-state index is 0.0235. The van der Waals surface area contributed by atoms with Gasteiger partial charge in [-0.25, -0.2) is 4.98 Å². The largest absolute Gasteiger partial charge is 0.471 e. The highest BCUT2D eigenvalue weighted by atomic mass is 19.4. The molecule has 34 heavy (non-hydrogen) atoms. The molecule has 0 radical (unpaired) electrons. The van der Waals surface area contributed by atoms with Gasteiger partial charge in [0.1, 0.15) is 5.82 Å². The zero-order valence-electron chi connectivity index (χ0n) is 17.5. The average molecular weight is 474 g/mol. The summed E-state index contributed by atoms with van der Waals surface area (Å²) in [6, 6.07) is 9.06. The number of benzene rings is 1. The van der Waals surface area contributed by atoms with Gasteiger partial charge in [-0.1, -0.05) is 5.16 Å². The van der Waals surface area contributed by atoms with Crippen molar-refractivity contribution in [2.45, 2.75) is 6.18 Å². The van der Waals surface area contributed by atoms with Crippen LogP contribution in [0, 0.1) is 10.1 Å². The molecule has 3 heterocycles. The Balaban J connectivity index is 1.32. The molecule has 1 amide bonds. The Morgan fingerprint density at radius 2 is 1.79 bits per heavy atom. The number of anilines is 1. The highest BCUT2D eigenvalue weighted by molar-refractivity contribution is 5.92. The van der Waals surface area contributed by atoms with E-state index in [1.807, 2.05) is 4.90 Å². The Kier molecular flexibility index (Phi) is 6.25. The molecule has 10 nitrogen and oxygen atoms in total. The van der Waals surface area contributed by atoms with Crippen molar-refractivity contribution in [3.63, 3.8) is 0 Å². The number of piperazine rings is 1. The predicted octanol–water partition coefficient (Wildman–Crippen LogP) is 3.42. The van der Waals surface area contributed by atoms with Crippen molar-refractivity contribution in [2.24, 2.45) is 0 Å². The number of hydrogen-bond acceptors (Lipinski definition) is 8. The van der Waals surface area contributed by atoms with E-state index in [1.165, 1.54) is 24.4 Å². The van der Waals surface area contributed by atoms with Gasteiger partial charge in [0.2, 0.25) is 11.7 Å². The molecule has 1 aliphatic heterocycles. The number of nitro benzene ring substituents is 1. The summed E-state index contributed by atoms with van der Waals surface area (Å²) in [5.74, 6) is -1.20. The number of nitro groups is 1. The Morgan fingerprint density at radius 1 is 1.09 bits per heavy atom. The highest BCUT2D eigenvalue weighted by Gasteiger charge is 2.38. The van der Waals surface area contributed by atoms with E-state index >= 15 is 0 Å². The maximum absolute atomic E-state index is 12.6. The van der Waals surface area contributed by atoms with Crippen LogP contribution in [-0.2, 0) is 11.0 Å². The fourth-order valence-electron chi connectivity index (χ4n) is 3.30. The molecule has 0 atom stereocenters. The third-order valence-electron chi connectivity index (χ3n) is 5.11. The second-order valence-corrected chi connectivity index (χ2v) is 7.32. The number of amides is 1. The molecule has 2 aromatic heterocycles. The fraction of sp³-hybridized carbons (Fsp3) is 0.238. The number of carbonyl (C=O) groups is 1. The van der Waals surface area contributed by atoms with Crippen LogP contribution in [0.1, 0.15) is 11.5 Å². The fourth-order valence-corrected chi connectivity index (χ4v) is 3.30. The lowest BCUT2D eigenvalue weighted by Crippen LogP contribution is -2.48. The first kappa shape index (κ1) is 22.9. The summed E-state index contributed by atoms with van der Waals surface area (Å²) in [6.07, 6.45) is -0.331. The van der Waals surface area contributed by atoms with Crippen LogP contribution in [0.25, 0.3) is 17.5 Å². The zero-order valence-corrected chi connectivity index (χ0v) is 17.5. The molecule has 0 N–H and O–H groups in total. The molecular weight excluding hydrogens is 457 g/mol. The molecule has 1 fully saturated rings. The summed E-state index contributed by atoms with van der Waals surface area (Å²) < 4.78 is 42.1. The van der Waals surface area contributed by atoms with Crippen LogP contribution >= 0.6 is 0 Å². The summed E-state index contributed by atoms with van der Waals surface area (Å²) in [5.41, 5.74) is 0.934. The lowest BCUT2D eigenvalue weighted by Gasteiger charge is -2.35. The van der Waals surface area contributed by atoms with E-state index in [-0.39, 0.29) is 23.0 Å². The lowest BCUT2D eigenvalue weighted by atomic mass is 10.2. The van der Waals surface area contributed by atoms with Gasteiger partial charge in [0.15, 0.2) is 0 Å². The number of non-ortho nitro benzene ring substituents is 1. The SMILES string of the molecule is O=C(/C=C\c1ccc([N+](=O)[O-])cc1)N1CCN(c2ccc(-c3noc(C(F)(F)F)n3)cn2)CC1. The molecule has 0 unspecified atom stereocenters. The molecule has 0 bridgehead atoms. The summed E-state index contributed by atoms with van der Waals surface area (Å²) >= 11 is 0. The van der Waals surface area contributed by atoms with Gasteiger partial charge in [-0.15, -0.1) is 0 Å². The Morgan fingerprint density at radius 3 is 2.35 bits per heavy atom. The van der Waals surface area contributed by atoms with E-state index in [2.05, 4.69) is 19.6 Å². The highest BCUT2D eigenvalue weighted by Crippen LogP contribution is 2.29. The van der Waals surface area contributed by atoms with E-state index in [4.69, 9.17) is 0 Å². The van der Waals surface area contributed by atoms with Crippen molar-refractivity contribution in [1.29, 1.82) is 0 Å². The van der Waals surface area contributed by atoms with Crippen LogP contribution in [-0.4, -0.2) is 57.0 Å². The van der Waals surface area contributed by atoms with Crippen LogP contribution in [0.5, 0.6) is 0 Å². The van der Waals surface area contributed by atoms with Crippen molar-refractivity contribution in [3.8, 4) is 11.4 Å². The maximum atomic E-state index is 12.6. The number of aromatic nitrogens is 3. The smallest absolute Gasteiger partial charge is 0.353 e. The number of pyridine rings is 1.